The van der Waals surface area contributed by atoms with Crippen LogP contribution in [0.25, 0.3) is 0 Å². The summed E-state index contributed by atoms with van der Waals surface area (Å²) < 4.78 is 5.84. The lowest BCUT2D eigenvalue weighted by Gasteiger charge is -2.00. The Labute approximate surface area is 105 Å². The van der Waals surface area contributed by atoms with Crippen molar-refractivity contribution in [1.82, 2.24) is 10.1 Å². The minimum absolute atomic E-state index is 0.179. The first-order valence-corrected chi connectivity index (χ1v) is 5.59. The van der Waals surface area contributed by atoms with Crippen LogP contribution in [0.2, 0.25) is 0 Å². The van der Waals surface area contributed by atoms with E-state index in [4.69, 9.17) is 4.52 Å². The third-order valence-corrected chi connectivity index (χ3v) is 2.46. The highest BCUT2D eigenvalue weighted by atomic mass is 127. The van der Waals surface area contributed by atoms with Crippen molar-refractivity contribution in [2.75, 3.05) is 5.32 Å². The van der Waals surface area contributed by atoms with Gasteiger partial charge in [0.05, 0.1) is 5.69 Å². The molecule has 1 N–H and O–H groups in total. The van der Waals surface area contributed by atoms with Gasteiger partial charge >= 0.3 is 0 Å². The van der Waals surface area contributed by atoms with Crippen LogP contribution >= 0.6 is 22.6 Å². The molecule has 1 amide bonds. The highest BCUT2D eigenvalue weighted by molar-refractivity contribution is 14.1. The monoisotopic (exact) mass is 329 g/mol. The average Bonchev–Trinajstić information content (AvgIpc) is 2.68. The number of nitrogens with zero attached hydrogens (tertiary/aromatic N) is 2. The number of pyridine rings is 1. The summed E-state index contributed by atoms with van der Waals surface area (Å²) in [4.78, 5) is 15.7. The van der Waals surface area contributed by atoms with Gasteiger partial charge in [-0.25, -0.2) is 4.98 Å². The molecule has 0 bridgehead atoms. The van der Waals surface area contributed by atoms with Crippen LogP contribution in [0.4, 0.5) is 5.82 Å². The minimum Gasteiger partial charge on any atom is -0.351 e. The number of aryl methyl sites for hydroxylation is 1. The SMILES string of the molecule is Cc1cc(C(=O)Nc2ccc(I)cn2)on1. The Bertz CT molecular complexity index is 507. The van der Waals surface area contributed by atoms with Gasteiger partial charge in [0.25, 0.3) is 5.91 Å². The van der Waals surface area contributed by atoms with Crippen LogP contribution in [0.1, 0.15) is 16.2 Å². The first kappa shape index (κ1) is 11.1. The molecule has 2 rings (SSSR count). The number of carbonyl (C=O) groups is 1. The van der Waals surface area contributed by atoms with Crippen molar-refractivity contribution in [2.24, 2.45) is 0 Å². The van der Waals surface area contributed by atoms with Crippen molar-refractivity contribution in [1.29, 1.82) is 0 Å². The fraction of sp³-hybridized carbons (Fsp3) is 0.100. The number of aromatic nitrogens is 2. The van der Waals surface area contributed by atoms with Gasteiger partial charge in [0.1, 0.15) is 5.82 Å². The topological polar surface area (TPSA) is 68.0 Å². The second kappa shape index (κ2) is 4.60. The maximum atomic E-state index is 11.6. The normalized spacial score (nSPS) is 10.1. The number of anilines is 1. The molecular weight excluding hydrogens is 321 g/mol. The van der Waals surface area contributed by atoms with E-state index in [1.54, 1.807) is 25.3 Å². The van der Waals surface area contributed by atoms with Gasteiger partial charge in [0.2, 0.25) is 5.76 Å². The van der Waals surface area contributed by atoms with Gasteiger partial charge in [-0.05, 0) is 41.6 Å². The van der Waals surface area contributed by atoms with Gasteiger partial charge in [-0.3, -0.25) is 4.79 Å². The zero-order valence-electron chi connectivity index (χ0n) is 8.40. The summed E-state index contributed by atoms with van der Waals surface area (Å²) in [5.74, 6) is 0.312. The maximum Gasteiger partial charge on any atom is 0.295 e. The zero-order valence-corrected chi connectivity index (χ0v) is 10.6. The predicted molar refractivity (Wildman–Crippen MR) is 66.1 cm³/mol. The van der Waals surface area contributed by atoms with Crippen molar-refractivity contribution < 1.29 is 9.32 Å². The highest BCUT2D eigenvalue weighted by Crippen LogP contribution is 2.09. The van der Waals surface area contributed by atoms with Crippen molar-refractivity contribution in [3.8, 4) is 0 Å². The lowest BCUT2D eigenvalue weighted by atomic mass is 10.3. The summed E-state index contributed by atoms with van der Waals surface area (Å²) >= 11 is 2.14. The van der Waals surface area contributed by atoms with Gasteiger partial charge < -0.3 is 9.84 Å². The van der Waals surface area contributed by atoms with Crippen LogP contribution in [0.3, 0.4) is 0 Å². The molecule has 2 aromatic rings. The van der Waals surface area contributed by atoms with E-state index in [0.29, 0.717) is 11.5 Å². The number of amides is 1. The molecule has 0 spiro atoms. The number of carbonyl (C=O) groups excluding carboxylic acids is 1. The van der Waals surface area contributed by atoms with Crippen LogP contribution in [0, 0.1) is 10.5 Å². The lowest BCUT2D eigenvalue weighted by molar-refractivity contribution is 0.0987. The Morgan fingerprint density at radius 2 is 2.31 bits per heavy atom. The third-order valence-electron chi connectivity index (χ3n) is 1.82. The van der Waals surface area contributed by atoms with Gasteiger partial charge in [-0.2, -0.15) is 0 Å². The van der Waals surface area contributed by atoms with Crippen molar-refractivity contribution in [3.63, 3.8) is 0 Å². The van der Waals surface area contributed by atoms with E-state index in [1.807, 2.05) is 6.07 Å². The van der Waals surface area contributed by atoms with E-state index in [2.05, 4.69) is 38.0 Å². The smallest absolute Gasteiger partial charge is 0.295 e. The van der Waals surface area contributed by atoms with Crippen LogP contribution in [-0.2, 0) is 0 Å². The Morgan fingerprint density at radius 3 is 2.88 bits per heavy atom. The van der Waals surface area contributed by atoms with E-state index in [0.717, 1.165) is 3.57 Å². The molecule has 5 nitrogen and oxygen atoms in total. The zero-order chi connectivity index (χ0) is 11.5. The summed E-state index contributed by atoms with van der Waals surface area (Å²) in [7, 11) is 0. The van der Waals surface area contributed by atoms with Gasteiger partial charge in [-0.1, -0.05) is 5.16 Å². The van der Waals surface area contributed by atoms with Crippen molar-refractivity contribution in [2.45, 2.75) is 6.92 Å². The van der Waals surface area contributed by atoms with Crippen molar-refractivity contribution >= 4 is 34.3 Å². The van der Waals surface area contributed by atoms with Crippen molar-refractivity contribution in [3.05, 3.63) is 39.4 Å². The quantitative estimate of drug-likeness (QED) is 0.858. The predicted octanol–water partition coefficient (Wildman–Crippen LogP) is 2.23. The number of rotatable bonds is 2. The standard InChI is InChI=1S/C10H8IN3O2/c1-6-4-8(16-14-6)10(15)13-9-3-2-7(11)5-12-9/h2-5H,1H3,(H,12,13,15). The molecule has 0 saturated heterocycles. The Kier molecular flexibility index (Phi) is 3.18. The number of nitrogens with one attached hydrogen (secondary N) is 1. The van der Waals surface area contributed by atoms with Crippen LogP contribution in [0.5, 0.6) is 0 Å². The molecule has 2 heterocycles. The maximum absolute atomic E-state index is 11.6. The van der Waals surface area contributed by atoms with E-state index in [1.165, 1.54) is 0 Å². The molecule has 0 radical (unpaired) electrons. The summed E-state index contributed by atoms with van der Waals surface area (Å²) in [5.41, 5.74) is 0.667. The largest absolute Gasteiger partial charge is 0.351 e. The molecule has 0 aromatic carbocycles. The van der Waals surface area contributed by atoms with E-state index in [9.17, 15) is 4.79 Å². The molecule has 82 valence electrons. The van der Waals surface area contributed by atoms with E-state index in [-0.39, 0.29) is 11.7 Å². The summed E-state index contributed by atoms with van der Waals surface area (Å²) in [6.07, 6.45) is 1.67. The van der Waals surface area contributed by atoms with Gasteiger partial charge in [0, 0.05) is 15.8 Å². The molecular formula is C10H8IN3O2. The molecule has 0 aliphatic rings. The van der Waals surface area contributed by atoms with Crippen LogP contribution in [0.15, 0.2) is 28.9 Å². The highest BCUT2D eigenvalue weighted by Gasteiger charge is 2.11. The molecule has 16 heavy (non-hydrogen) atoms. The molecule has 0 aliphatic heterocycles. The summed E-state index contributed by atoms with van der Waals surface area (Å²) in [6, 6.07) is 5.15. The second-order valence-corrected chi connectivity index (χ2v) is 4.39. The molecule has 0 saturated carbocycles. The fourth-order valence-electron chi connectivity index (χ4n) is 1.10. The number of hydrogen-bond acceptors (Lipinski definition) is 4. The average molecular weight is 329 g/mol. The van der Waals surface area contributed by atoms with Gasteiger partial charge in [0.15, 0.2) is 0 Å². The van der Waals surface area contributed by atoms with Gasteiger partial charge in [-0.15, -0.1) is 0 Å². The molecule has 0 atom stereocenters. The van der Waals surface area contributed by atoms with E-state index < -0.39 is 0 Å². The second-order valence-electron chi connectivity index (χ2n) is 3.15. The molecule has 0 fully saturated rings. The first-order chi connectivity index (χ1) is 7.65. The Hall–Kier alpha value is -1.44. The Morgan fingerprint density at radius 1 is 1.50 bits per heavy atom. The third kappa shape index (κ3) is 2.57. The molecule has 0 unspecified atom stereocenters. The summed E-state index contributed by atoms with van der Waals surface area (Å²) in [5, 5.41) is 6.25. The number of hydrogen-bond donors (Lipinski definition) is 1. The Balaban J connectivity index is 2.10. The number of halogens is 1. The summed E-state index contributed by atoms with van der Waals surface area (Å²) in [6.45, 7) is 1.75. The minimum atomic E-state index is -0.352. The molecule has 0 aliphatic carbocycles. The fourth-order valence-corrected chi connectivity index (χ4v) is 1.42. The first-order valence-electron chi connectivity index (χ1n) is 4.51. The molecule has 2 aromatic heterocycles. The van der Waals surface area contributed by atoms with E-state index >= 15 is 0 Å². The van der Waals surface area contributed by atoms with Crippen LogP contribution in [-0.4, -0.2) is 16.0 Å². The molecule has 6 heteroatoms. The lowest BCUT2D eigenvalue weighted by Crippen LogP contribution is -2.11. The van der Waals surface area contributed by atoms with Crippen LogP contribution < -0.4 is 5.32 Å².